The topological polar surface area (TPSA) is 78.4 Å². The van der Waals surface area contributed by atoms with Crippen LogP contribution in [0.5, 0.6) is 11.5 Å². The lowest BCUT2D eigenvalue weighted by atomic mass is 9.99. The fourth-order valence-corrected chi connectivity index (χ4v) is 2.96. The van der Waals surface area contributed by atoms with Gasteiger partial charge in [0.2, 0.25) is 0 Å². The first kappa shape index (κ1) is 15.1. The highest BCUT2D eigenvalue weighted by Crippen LogP contribution is 2.33. The number of hydrazone groups is 1. The van der Waals surface area contributed by atoms with E-state index in [-0.39, 0.29) is 12.1 Å². The number of nitrogens with zero attached hydrogens (tertiary/aromatic N) is 3. The number of benzene rings is 1. The standard InChI is InChI=1S/C17H17N5O3/c1-24-14-7-6-12(10-15(14)25-2)19-17(23)22-20-13-5-3-4-11-8-9-18-21(22)16(11)13/h3-10,16,20H,1-2H3,(H,19,23). The van der Waals surface area contributed by atoms with Crippen LogP contribution in [0, 0.1) is 0 Å². The van der Waals surface area contributed by atoms with Crippen molar-refractivity contribution in [2.24, 2.45) is 5.10 Å². The maximum atomic E-state index is 12.7. The lowest BCUT2D eigenvalue weighted by molar-refractivity contribution is 0.0233. The number of anilines is 1. The summed E-state index contributed by atoms with van der Waals surface area (Å²) in [5, 5.41) is 10.1. The molecule has 3 aliphatic rings. The molecule has 0 spiro atoms. The van der Waals surface area contributed by atoms with E-state index in [1.165, 1.54) is 5.12 Å². The highest BCUT2D eigenvalue weighted by atomic mass is 16.5. The molecule has 0 aromatic heterocycles. The molecule has 0 saturated carbocycles. The first-order chi connectivity index (χ1) is 12.2. The van der Waals surface area contributed by atoms with Gasteiger partial charge in [0.25, 0.3) is 0 Å². The van der Waals surface area contributed by atoms with Crippen LogP contribution in [-0.2, 0) is 0 Å². The Morgan fingerprint density at radius 1 is 1.24 bits per heavy atom. The fourth-order valence-electron chi connectivity index (χ4n) is 2.96. The molecular formula is C17H17N5O3. The van der Waals surface area contributed by atoms with Crippen LogP contribution in [0.1, 0.15) is 0 Å². The van der Waals surface area contributed by atoms with Gasteiger partial charge in [-0.2, -0.15) is 10.2 Å². The van der Waals surface area contributed by atoms with Crippen molar-refractivity contribution in [1.82, 2.24) is 15.7 Å². The van der Waals surface area contributed by atoms with Crippen LogP contribution in [0.15, 0.2) is 58.9 Å². The van der Waals surface area contributed by atoms with E-state index in [1.54, 1.807) is 43.8 Å². The molecule has 2 heterocycles. The summed E-state index contributed by atoms with van der Waals surface area (Å²) >= 11 is 0. The van der Waals surface area contributed by atoms with Gasteiger partial charge in [0.1, 0.15) is 6.04 Å². The molecule has 0 bridgehead atoms. The van der Waals surface area contributed by atoms with Gasteiger partial charge in [-0.3, -0.25) is 5.43 Å². The molecule has 1 aliphatic carbocycles. The van der Waals surface area contributed by atoms with Gasteiger partial charge in [0.05, 0.1) is 19.9 Å². The highest BCUT2D eigenvalue weighted by Gasteiger charge is 2.41. The molecule has 1 fully saturated rings. The summed E-state index contributed by atoms with van der Waals surface area (Å²) in [5.74, 6) is 1.13. The van der Waals surface area contributed by atoms with Gasteiger partial charge in [-0.25, -0.2) is 4.79 Å². The third kappa shape index (κ3) is 2.47. The summed E-state index contributed by atoms with van der Waals surface area (Å²) in [6.45, 7) is 0. The predicted molar refractivity (Wildman–Crippen MR) is 93.0 cm³/mol. The summed E-state index contributed by atoms with van der Waals surface area (Å²) in [7, 11) is 3.11. The number of rotatable bonds is 3. The number of carbonyl (C=O) groups excluding carboxylic acids is 1. The van der Waals surface area contributed by atoms with Crippen molar-refractivity contribution >= 4 is 17.9 Å². The Kier molecular flexibility index (Phi) is 3.57. The zero-order valence-corrected chi connectivity index (χ0v) is 13.8. The molecule has 1 aromatic carbocycles. The average Bonchev–Trinajstić information content (AvgIpc) is 3.03. The number of amides is 2. The second-order valence-corrected chi connectivity index (χ2v) is 5.56. The number of methoxy groups -OCH3 is 2. The van der Waals surface area contributed by atoms with E-state index >= 15 is 0 Å². The molecular weight excluding hydrogens is 322 g/mol. The molecule has 2 amide bonds. The number of ether oxygens (including phenoxy) is 2. The van der Waals surface area contributed by atoms with Crippen molar-refractivity contribution < 1.29 is 14.3 Å². The minimum atomic E-state index is -0.360. The molecule has 1 aromatic rings. The molecule has 8 nitrogen and oxygen atoms in total. The minimum Gasteiger partial charge on any atom is -0.493 e. The molecule has 2 aliphatic heterocycles. The molecule has 25 heavy (non-hydrogen) atoms. The number of nitrogens with one attached hydrogen (secondary N) is 2. The second kappa shape index (κ2) is 5.90. The van der Waals surface area contributed by atoms with E-state index in [4.69, 9.17) is 9.47 Å². The first-order valence-corrected chi connectivity index (χ1v) is 7.72. The van der Waals surface area contributed by atoms with Gasteiger partial charge in [-0.15, -0.1) is 5.12 Å². The van der Waals surface area contributed by atoms with E-state index in [0.29, 0.717) is 17.2 Å². The van der Waals surface area contributed by atoms with Gasteiger partial charge in [0, 0.05) is 18.0 Å². The normalized spacial score (nSPS) is 19.7. The Morgan fingerprint density at radius 3 is 2.88 bits per heavy atom. The second-order valence-electron chi connectivity index (χ2n) is 5.56. The van der Waals surface area contributed by atoms with Crippen LogP contribution >= 0.6 is 0 Å². The van der Waals surface area contributed by atoms with Gasteiger partial charge in [-0.1, -0.05) is 12.2 Å². The van der Waals surface area contributed by atoms with Crippen LogP contribution in [0.2, 0.25) is 0 Å². The van der Waals surface area contributed by atoms with Crippen LogP contribution in [-0.4, -0.2) is 42.7 Å². The minimum absolute atomic E-state index is 0.105. The SMILES string of the molecule is COc1ccc(NC(=O)N2NC3=CC=CC4=CC=NN2C43)cc1OC. The smallest absolute Gasteiger partial charge is 0.361 e. The van der Waals surface area contributed by atoms with E-state index in [0.717, 1.165) is 11.3 Å². The largest absolute Gasteiger partial charge is 0.493 e. The summed E-state index contributed by atoms with van der Waals surface area (Å²) < 4.78 is 10.5. The monoisotopic (exact) mass is 339 g/mol. The zero-order chi connectivity index (χ0) is 17.4. The van der Waals surface area contributed by atoms with E-state index in [2.05, 4.69) is 15.8 Å². The molecule has 2 N–H and O–H groups in total. The van der Waals surface area contributed by atoms with Crippen LogP contribution in [0.4, 0.5) is 10.5 Å². The van der Waals surface area contributed by atoms with Crippen LogP contribution in [0.25, 0.3) is 0 Å². The first-order valence-electron chi connectivity index (χ1n) is 7.72. The van der Waals surface area contributed by atoms with Crippen molar-refractivity contribution in [2.75, 3.05) is 19.5 Å². The van der Waals surface area contributed by atoms with Crippen molar-refractivity contribution in [3.63, 3.8) is 0 Å². The van der Waals surface area contributed by atoms with E-state index < -0.39 is 0 Å². The predicted octanol–water partition coefficient (Wildman–Crippen LogP) is 2.02. The van der Waals surface area contributed by atoms with Crippen molar-refractivity contribution in [3.8, 4) is 11.5 Å². The lowest BCUT2D eigenvalue weighted by Crippen LogP contribution is -2.48. The summed E-state index contributed by atoms with van der Waals surface area (Å²) in [4.78, 5) is 12.7. The molecule has 1 atom stereocenters. The Morgan fingerprint density at radius 2 is 2.08 bits per heavy atom. The summed E-state index contributed by atoms with van der Waals surface area (Å²) in [6.07, 6.45) is 9.48. The molecule has 0 radical (unpaired) electrons. The van der Waals surface area contributed by atoms with Crippen molar-refractivity contribution in [1.29, 1.82) is 0 Å². The number of hydrazine groups is 2. The maximum Gasteiger partial charge on any atom is 0.361 e. The Hall–Kier alpha value is -3.42. The van der Waals surface area contributed by atoms with Gasteiger partial charge in [-0.05, 0) is 29.9 Å². The molecule has 4 rings (SSSR count). The van der Waals surface area contributed by atoms with Crippen LogP contribution in [0.3, 0.4) is 0 Å². The zero-order valence-electron chi connectivity index (χ0n) is 13.8. The van der Waals surface area contributed by atoms with Gasteiger partial charge < -0.3 is 14.8 Å². The number of carbonyl (C=O) groups is 1. The quantitative estimate of drug-likeness (QED) is 0.881. The Balaban J connectivity index is 1.55. The van der Waals surface area contributed by atoms with Crippen molar-refractivity contribution in [2.45, 2.75) is 6.04 Å². The van der Waals surface area contributed by atoms with Gasteiger partial charge >= 0.3 is 6.03 Å². The summed E-state index contributed by atoms with van der Waals surface area (Å²) in [5.41, 5.74) is 5.64. The average molecular weight is 339 g/mol. The van der Waals surface area contributed by atoms with E-state index in [9.17, 15) is 4.79 Å². The number of urea groups is 1. The summed E-state index contributed by atoms with van der Waals surface area (Å²) in [6, 6.07) is 4.71. The Labute approximate surface area is 144 Å². The van der Waals surface area contributed by atoms with Crippen LogP contribution < -0.4 is 20.2 Å². The highest BCUT2D eigenvalue weighted by molar-refractivity contribution is 5.90. The molecule has 1 saturated heterocycles. The fraction of sp³-hybridized carbons (Fsp3) is 0.176. The molecule has 1 unspecified atom stereocenters. The molecule has 8 heteroatoms. The third-order valence-corrected chi connectivity index (χ3v) is 4.12. The number of allylic oxidation sites excluding steroid dienone is 3. The van der Waals surface area contributed by atoms with E-state index in [1.807, 2.05) is 24.3 Å². The number of hydrogen-bond acceptors (Lipinski definition) is 6. The number of hydrogen-bond donors (Lipinski definition) is 2. The lowest BCUT2D eigenvalue weighted by Gasteiger charge is -2.29. The molecule has 128 valence electrons. The van der Waals surface area contributed by atoms with Gasteiger partial charge in [0.15, 0.2) is 11.5 Å². The maximum absolute atomic E-state index is 12.7. The van der Waals surface area contributed by atoms with Crippen molar-refractivity contribution in [3.05, 3.63) is 53.8 Å². The third-order valence-electron chi connectivity index (χ3n) is 4.12. The Bertz CT molecular complexity index is 843.